The quantitative estimate of drug-likeness (QED) is 0.521. The summed E-state index contributed by atoms with van der Waals surface area (Å²) in [7, 11) is 0. The minimum absolute atomic E-state index is 0.134. The average Bonchev–Trinajstić information content (AvgIpc) is 3.30. The highest BCUT2D eigenvalue weighted by Crippen LogP contribution is 2.25. The standard InChI is InChI=1S/C18H19N5O2S3/c1-11(2)14-8-20-17(28-14)22-15(24)7-12-9-27-18(21-12)23-16(25)10-26-13-3-5-19-6-4-13/h3-6,8-9,11H,7,10H2,1-2H3,(H,20,22,24)(H,21,23,25). The van der Waals surface area contributed by atoms with Crippen molar-refractivity contribution in [3.8, 4) is 0 Å². The highest BCUT2D eigenvalue weighted by Gasteiger charge is 2.12. The van der Waals surface area contributed by atoms with E-state index < -0.39 is 0 Å². The monoisotopic (exact) mass is 433 g/mol. The molecule has 0 radical (unpaired) electrons. The number of carbonyl (C=O) groups is 2. The molecule has 3 rings (SSSR count). The summed E-state index contributed by atoms with van der Waals surface area (Å²) in [6, 6.07) is 3.70. The fraction of sp³-hybridized carbons (Fsp3) is 0.278. The lowest BCUT2D eigenvalue weighted by Crippen LogP contribution is -2.15. The SMILES string of the molecule is CC(C)c1cnc(NC(=O)Cc2csc(NC(=O)CSc3ccncc3)n2)s1. The fourth-order valence-corrected chi connectivity index (χ4v) is 4.37. The van der Waals surface area contributed by atoms with Crippen molar-refractivity contribution in [3.63, 3.8) is 0 Å². The van der Waals surface area contributed by atoms with E-state index in [9.17, 15) is 9.59 Å². The molecule has 146 valence electrons. The summed E-state index contributed by atoms with van der Waals surface area (Å²) < 4.78 is 0. The number of hydrogen-bond acceptors (Lipinski definition) is 8. The van der Waals surface area contributed by atoms with Crippen LogP contribution in [0.3, 0.4) is 0 Å². The molecule has 0 spiro atoms. The predicted molar refractivity (Wildman–Crippen MR) is 114 cm³/mol. The van der Waals surface area contributed by atoms with Crippen LogP contribution < -0.4 is 10.6 Å². The Balaban J connectivity index is 1.46. The number of pyridine rings is 1. The Bertz CT molecular complexity index is 940. The molecule has 3 aromatic rings. The van der Waals surface area contributed by atoms with Gasteiger partial charge < -0.3 is 10.6 Å². The molecular weight excluding hydrogens is 414 g/mol. The Morgan fingerprint density at radius 2 is 1.89 bits per heavy atom. The summed E-state index contributed by atoms with van der Waals surface area (Å²) in [5, 5.41) is 8.40. The van der Waals surface area contributed by atoms with Crippen molar-refractivity contribution in [3.05, 3.63) is 46.7 Å². The number of carbonyl (C=O) groups excluding carboxylic acids is 2. The van der Waals surface area contributed by atoms with E-state index in [1.54, 1.807) is 24.0 Å². The number of thiazole rings is 2. The maximum absolute atomic E-state index is 12.2. The van der Waals surface area contributed by atoms with Crippen LogP contribution in [0.4, 0.5) is 10.3 Å². The summed E-state index contributed by atoms with van der Waals surface area (Å²) >= 11 is 4.20. The number of nitrogens with one attached hydrogen (secondary N) is 2. The molecule has 28 heavy (non-hydrogen) atoms. The molecule has 0 aliphatic carbocycles. The van der Waals surface area contributed by atoms with Gasteiger partial charge in [0.25, 0.3) is 0 Å². The third-order valence-electron chi connectivity index (χ3n) is 3.50. The van der Waals surface area contributed by atoms with Crippen LogP contribution >= 0.6 is 34.4 Å². The largest absolute Gasteiger partial charge is 0.302 e. The van der Waals surface area contributed by atoms with E-state index in [4.69, 9.17) is 0 Å². The molecule has 10 heteroatoms. The summed E-state index contributed by atoms with van der Waals surface area (Å²) in [6.07, 6.45) is 5.29. The van der Waals surface area contributed by atoms with Gasteiger partial charge in [-0.3, -0.25) is 14.6 Å². The molecule has 0 aromatic carbocycles. The lowest BCUT2D eigenvalue weighted by Gasteiger charge is -2.02. The van der Waals surface area contributed by atoms with Crippen LogP contribution in [0.2, 0.25) is 0 Å². The van der Waals surface area contributed by atoms with Gasteiger partial charge in [0.15, 0.2) is 10.3 Å². The van der Waals surface area contributed by atoms with Gasteiger partial charge in [-0.05, 0) is 18.1 Å². The summed E-state index contributed by atoms with van der Waals surface area (Å²) in [6.45, 7) is 4.17. The zero-order chi connectivity index (χ0) is 19.9. The van der Waals surface area contributed by atoms with Crippen molar-refractivity contribution >= 4 is 56.5 Å². The molecule has 0 saturated carbocycles. The van der Waals surface area contributed by atoms with E-state index in [0.717, 1.165) is 9.77 Å². The number of hydrogen-bond donors (Lipinski definition) is 2. The third kappa shape index (κ3) is 6.11. The van der Waals surface area contributed by atoms with Crippen LogP contribution in [0, 0.1) is 0 Å². The van der Waals surface area contributed by atoms with E-state index in [1.165, 1.54) is 34.4 Å². The molecule has 0 aliphatic rings. The van der Waals surface area contributed by atoms with E-state index >= 15 is 0 Å². The second-order valence-electron chi connectivity index (χ2n) is 6.11. The third-order valence-corrected chi connectivity index (χ3v) is 6.53. The Kier molecular flexibility index (Phi) is 7.12. The molecule has 0 atom stereocenters. The average molecular weight is 434 g/mol. The zero-order valence-corrected chi connectivity index (χ0v) is 17.8. The maximum atomic E-state index is 12.2. The van der Waals surface area contributed by atoms with Crippen LogP contribution in [0.5, 0.6) is 0 Å². The van der Waals surface area contributed by atoms with Crippen molar-refractivity contribution in [2.45, 2.75) is 31.1 Å². The van der Waals surface area contributed by atoms with Crippen molar-refractivity contribution in [1.82, 2.24) is 15.0 Å². The van der Waals surface area contributed by atoms with Crippen molar-refractivity contribution < 1.29 is 9.59 Å². The van der Waals surface area contributed by atoms with Crippen molar-refractivity contribution in [2.24, 2.45) is 0 Å². The molecule has 0 bridgehead atoms. The number of aromatic nitrogens is 3. The predicted octanol–water partition coefficient (Wildman–Crippen LogP) is 4.03. The minimum atomic E-state index is -0.180. The Morgan fingerprint density at radius 1 is 1.14 bits per heavy atom. The Labute approximate surface area is 175 Å². The smallest absolute Gasteiger partial charge is 0.236 e. The Hall–Kier alpha value is -2.30. The minimum Gasteiger partial charge on any atom is -0.302 e. The van der Waals surface area contributed by atoms with Crippen molar-refractivity contribution in [1.29, 1.82) is 0 Å². The van der Waals surface area contributed by atoms with E-state index in [-0.39, 0.29) is 24.0 Å². The highest BCUT2D eigenvalue weighted by atomic mass is 32.2. The van der Waals surface area contributed by atoms with Gasteiger partial charge >= 0.3 is 0 Å². The molecular formula is C18H19N5O2S3. The topological polar surface area (TPSA) is 96.9 Å². The molecule has 0 aliphatic heterocycles. The molecule has 3 aromatic heterocycles. The number of amides is 2. The van der Waals surface area contributed by atoms with E-state index in [0.29, 0.717) is 21.9 Å². The fourth-order valence-electron chi connectivity index (χ4n) is 2.12. The number of thioether (sulfide) groups is 1. The van der Waals surface area contributed by atoms with E-state index in [1.807, 2.05) is 12.1 Å². The molecule has 2 N–H and O–H groups in total. The first-order valence-corrected chi connectivity index (χ1v) is 11.2. The normalized spacial score (nSPS) is 10.8. The van der Waals surface area contributed by atoms with Gasteiger partial charge in [0.2, 0.25) is 11.8 Å². The van der Waals surface area contributed by atoms with Crippen LogP contribution in [0.1, 0.15) is 30.3 Å². The van der Waals surface area contributed by atoms with Gasteiger partial charge in [0.05, 0.1) is 17.9 Å². The van der Waals surface area contributed by atoms with E-state index in [2.05, 4.69) is 39.4 Å². The number of anilines is 2. The van der Waals surface area contributed by atoms with Crippen molar-refractivity contribution in [2.75, 3.05) is 16.4 Å². The first kappa shape index (κ1) is 20.4. The number of rotatable bonds is 8. The molecule has 0 unspecified atom stereocenters. The van der Waals surface area contributed by atoms with Crippen LogP contribution in [-0.2, 0) is 16.0 Å². The molecule has 3 heterocycles. The summed E-state index contributed by atoms with van der Waals surface area (Å²) in [5.41, 5.74) is 0.611. The first-order valence-electron chi connectivity index (χ1n) is 8.52. The summed E-state index contributed by atoms with van der Waals surface area (Å²) in [4.78, 5) is 38.8. The van der Waals surface area contributed by atoms with Gasteiger partial charge in [-0.2, -0.15) is 0 Å². The lowest BCUT2D eigenvalue weighted by molar-refractivity contribution is -0.115. The highest BCUT2D eigenvalue weighted by molar-refractivity contribution is 8.00. The Morgan fingerprint density at radius 3 is 2.61 bits per heavy atom. The number of nitrogens with zero attached hydrogens (tertiary/aromatic N) is 3. The lowest BCUT2D eigenvalue weighted by atomic mass is 10.2. The van der Waals surface area contributed by atoms with Gasteiger partial charge in [-0.15, -0.1) is 34.4 Å². The van der Waals surface area contributed by atoms with Gasteiger partial charge in [0.1, 0.15) is 0 Å². The second-order valence-corrected chi connectivity index (χ2v) is 9.08. The molecule has 7 nitrogen and oxygen atoms in total. The molecule has 0 saturated heterocycles. The first-order chi connectivity index (χ1) is 13.5. The maximum Gasteiger partial charge on any atom is 0.236 e. The van der Waals surface area contributed by atoms with Gasteiger partial charge in [0, 0.05) is 33.7 Å². The van der Waals surface area contributed by atoms with Gasteiger partial charge in [-0.1, -0.05) is 13.8 Å². The molecule has 0 fully saturated rings. The molecule has 2 amide bonds. The van der Waals surface area contributed by atoms with Crippen LogP contribution in [-0.4, -0.2) is 32.5 Å². The van der Waals surface area contributed by atoms with Gasteiger partial charge in [-0.25, -0.2) is 9.97 Å². The summed E-state index contributed by atoms with van der Waals surface area (Å²) in [5.74, 6) is 0.337. The van der Waals surface area contributed by atoms with Crippen LogP contribution in [0.15, 0.2) is 41.0 Å². The zero-order valence-electron chi connectivity index (χ0n) is 15.3. The second kappa shape index (κ2) is 9.76. The van der Waals surface area contributed by atoms with Crippen LogP contribution in [0.25, 0.3) is 0 Å².